The minimum Gasteiger partial charge on any atom is -0.317 e. The van der Waals surface area contributed by atoms with E-state index >= 15 is 0 Å². The fourth-order valence-corrected chi connectivity index (χ4v) is 0.0312. The van der Waals surface area contributed by atoms with Gasteiger partial charge in [0.25, 0.3) is 0 Å². The molecule has 32 valence electrons. The second kappa shape index (κ2) is 3.96. The van der Waals surface area contributed by atoms with Gasteiger partial charge in [-0.15, -0.1) is 0 Å². The van der Waals surface area contributed by atoms with Crippen molar-refractivity contribution < 1.29 is 13.7 Å². The average molecular weight is 83.2 g/mol. The molecule has 0 aromatic rings. The minimum absolute atomic E-state index is 1.35. The first-order valence-electron chi connectivity index (χ1n) is 6.00. The van der Waals surface area contributed by atoms with Crippen LogP contribution in [0, 0.1) is 0 Å². The molecule has 0 saturated heterocycles. The van der Waals surface area contributed by atoms with Crippen molar-refractivity contribution in [2.75, 3.05) is 13.0 Å². The third-order valence-electron chi connectivity index (χ3n) is 0.125. The van der Waals surface area contributed by atoms with E-state index in [-0.39, 0.29) is 0 Å². The van der Waals surface area contributed by atoms with Gasteiger partial charge in [-0.1, -0.05) is 13.7 Å². The van der Waals surface area contributed by atoms with Crippen LogP contribution in [0.2, 0.25) is 0 Å². The molecule has 0 unspecified atom stereocenters. The molecule has 0 radical (unpaired) electrons. The average Bonchev–Trinajstić information content (AvgIpc) is 1.77. The molecule has 0 aliphatic rings. The van der Waals surface area contributed by atoms with Crippen LogP contribution >= 0.6 is 0 Å². The number of hydrogen-bond acceptors (Lipinski definition) is 1. The molecule has 0 aliphatic heterocycles. The summed E-state index contributed by atoms with van der Waals surface area (Å²) in [7, 11) is 0. The van der Waals surface area contributed by atoms with E-state index in [0.29, 0.717) is 0 Å². The molecule has 0 fully saturated rings. The van der Waals surface area contributed by atoms with Crippen molar-refractivity contribution in [2.45, 2.75) is 13.7 Å². The topological polar surface area (TPSA) is 12.0 Å². The van der Waals surface area contributed by atoms with Crippen molar-refractivity contribution in [3.05, 3.63) is 0 Å². The summed E-state index contributed by atoms with van der Waals surface area (Å²) in [4.78, 5) is 0. The van der Waals surface area contributed by atoms with Gasteiger partial charge in [0.1, 0.15) is 0 Å². The van der Waals surface area contributed by atoms with E-state index in [1.54, 1.807) is 0 Å². The quantitative estimate of drug-likeness (QED) is 0.516. The van der Waals surface area contributed by atoms with E-state index in [1.807, 2.05) is 0 Å². The first-order valence-corrected chi connectivity index (χ1v) is 1.00. The second-order valence-electron chi connectivity index (χ2n) is 0.375. The Hall–Kier alpha value is -0.0400. The molecular weight excluding hydrogens is 62.1 g/mol. The molecule has 0 aromatic carbocycles. The van der Waals surface area contributed by atoms with Gasteiger partial charge >= 0.3 is 0 Å². The largest absolute Gasteiger partial charge is 0.317 e. The van der Waals surface area contributed by atoms with E-state index in [0.717, 1.165) is 0 Å². The summed E-state index contributed by atoms with van der Waals surface area (Å²) in [5.74, 6) is 0. The molecule has 1 nitrogen and oxygen atoms in total. The number of nitrogens with one attached hydrogen (secondary N) is 1. The SMILES string of the molecule is [2H]C([2H])([2H])C([2H])([2H])NC([2H])([2H])C([2H])([2H])[2H]. The zero-order valence-corrected chi connectivity index (χ0v) is 2.50. The maximum Gasteiger partial charge on any atom is 0.0425 e. The Morgan fingerprint density at radius 2 is 2.40 bits per heavy atom. The summed E-state index contributed by atoms with van der Waals surface area (Å²) in [5, 5.41) is 1.35. The van der Waals surface area contributed by atoms with Gasteiger partial charge in [-0.3, -0.25) is 0 Å². The number of rotatable bonds is 2. The molecule has 0 heterocycles. The van der Waals surface area contributed by atoms with Gasteiger partial charge in [0.05, 0.1) is 0 Å². The van der Waals surface area contributed by atoms with Crippen molar-refractivity contribution >= 4 is 0 Å². The van der Waals surface area contributed by atoms with Crippen LogP contribution in [0.4, 0.5) is 0 Å². The van der Waals surface area contributed by atoms with E-state index in [2.05, 4.69) is 0 Å². The minimum atomic E-state index is -3.15. The van der Waals surface area contributed by atoms with Crippen molar-refractivity contribution in [1.29, 1.82) is 0 Å². The second-order valence-corrected chi connectivity index (χ2v) is 0.375. The van der Waals surface area contributed by atoms with Gasteiger partial charge in [0.2, 0.25) is 0 Å². The lowest BCUT2D eigenvalue weighted by Gasteiger charge is -1.86. The van der Waals surface area contributed by atoms with Crippen LogP contribution in [0.5, 0.6) is 0 Å². The summed E-state index contributed by atoms with van der Waals surface area (Å²) in [5.41, 5.74) is 0. The Labute approximate surface area is 47.4 Å². The Kier molecular flexibility index (Phi) is 0.316. The van der Waals surface area contributed by atoms with E-state index in [1.165, 1.54) is 5.32 Å². The monoisotopic (exact) mass is 83.2 g/mol. The molecular formula is C4H11N. The zero-order valence-electron chi connectivity index (χ0n) is 12.5. The number of hydrogen-bond donors (Lipinski definition) is 1. The van der Waals surface area contributed by atoms with E-state index in [9.17, 15) is 0 Å². The van der Waals surface area contributed by atoms with Crippen molar-refractivity contribution in [1.82, 2.24) is 5.32 Å². The molecule has 1 heteroatoms. The lowest BCUT2D eigenvalue weighted by molar-refractivity contribution is 0.762. The lowest BCUT2D eigenvalue weighted by Crippen LogP contribution is -2.09. The molecule has 1 N–H and O–H groups in total. The highest BCUT2D eigenvalue weighted by atomic mass is 14.8. The maximum atomic E-state index is 7.02. The summed E-state index contributed by atoms with van der Waals surface area (Å²) < 4.78 is 68.7. The fraction of sp³-hybridized carbons (Fsp3) is 1.00. The van der Waals surface area contributed by atoms with Gasteiger partial charge in [-0.05, 0) is 13.0 Å². The molecule has 0 bridgehead atoms. The van der Waals surface area contributed by atoms with Crippen LogP contribution in [-0.4, -0.2) is 13.0 Å². The van der Waals surface area contributed by atoms with Gasteiger partial charge in [0, 0.05) is 13.7 Å². The van der Waals surface area contributed by atoms with Crippen LogP contribution in [0.15, 0.2) is 0 Å². The van der Waals surface area contributed by atoms with E-state index < -0.39 is 26.7 Å². The third kappa shape index (κ3) is 3.96. The first-order chi connectivity index (χ1) is 6.21. The van der Waals surface area contributed by atoms with Crippen molar-refractivity contribution in [3.63, 3.8) is 0 Å². The van der Waals surface area contributed by atoms with Crippen LogP contribution < -0.4 is 5.32 Å². The van der Waals surface area contributed by atoms with Crippen LogP contribution in [0.3, 0.4) is 0 Å². The Balaban J connectivity index is 4.89. The van der Waals surface area contributed by atoms with Crippen LogP contribution in [-0.2, 0) is 0 Å². The van der Waals surface area contributed by atoms with Gasteiger partial charge in [-0.2, -0.15) is 0 Å². The molecule has 0 spiro atoms. The smallest absolute Gasteiger partial charge is 0.0425 e. The Morgan fingerprint density at radius 1 is 1.80 bits per heavy atom. The lowest BCUT2D eigenvalue weighted by atomic mass is 10.7. The summed E-state index contributed by atoms with van der Waals surface area (Å²) in [6.07, 6.45) is 0. The van der Waals surface area contributed by atoms with Crippen LogP contribution in [0.25, 0.3) is 0 Å². The predicted molar refractivity (Wildman–Crippen MR) is 24.2 cm³/mol. The van der Waals surface area contributed by atoms with Gasteiger partial charge < -0.3 is 5.32 Å². The molecule has 5 heavy (non-hydrogen) atoms. The van der Waals surface area contributed by atoms with Crippen molar-refractivity contribution in [3.8, 4) is 0 Å². The molecule has 0 atom stereocenters. The van der Waals surface area contributed by atoms with Gasteiger partial charge in [-0.25, -0.2) is 0 Å². The summed E-state index contributed by atoms with van der Waals surface area (Å²) in [6, 6.07) is 0. The van der Waals surface area contributed by atoms with E-state index in [4.69, 9.17) is 13.7 Å². The molecule has 0 aromatic heterocycles. The molecule has 0 saturated carbocycles. The molecule has 0 rings (SSSR count). The Bertz CT molecular complexity index is 199. The zero-order chi connectivity index (χ0) is 12.7. The highest BCUT2D eigenvalue weighted by molar-refractivity contribution is 4.27. The predicted octanol–water partition coefficient (Wildman–Crippen LogP) is 0.616. The summed E-state index contributed by atoms with van der Waals surface area (Å²) >= 11 is 0. The molecule has 0 amide bonds. The fourth-order valence-electron chi connectivity index (χ4n) is 0.0312. The maximum absolute atomic E-state index is 7.02. The highest BCUT2D eigenvalue weighted by Gasteiger charge is 1.62. The third-order valence-corrected chi connectivity index (χ3v) is 0.125. The van der Waals surface area contributed by atoms with Crippen LogP contribution in [0.1, 0.15) is 27.4 Å². The molecule has 0 aliphatic carbocycles. The summed E-state index contributed by atoms with van der Waals surface area (Å²) in [6.45, 7) is -12.5. The first kappa shape index (κ1) is 0.399. The Morgan fingerprint density at radius 3 is 2.80 bits per heavy atom. The standard InChI is InChI=1S/C4H11N/c1-3-5-4-2/h5H,3-4H2,1-2H3/i1D3,2D3,3D2,4D2. The normalized spacial score (nSPS) is 48.8. The highest BCUT2D eigenvalue weighted by Crippen LogP contribution is 1.47. The van der Waals surface area contributed by atoms with Gasteiger partial charge in [0.15, 0.2) is 0 Å². The van der Waals surface area contributed by atoms with Crippen molar-refractivity contribution in [2.24, 2.45) is 0 Å².